The van der Waals surface area contributed by atoms with Crippen molar-refractivity contribution in [3.05, 3.63) is 77.9 Å². The van der Waals surface area contributed by atoms with Crippen LogP contribution in [-0.2, 0) is 35.2 Å². The van der Waals surface area contributed by atoms with E-state index in [1.807, 2.05) is 12.1 Å². The molecule has 1 saturated carbocycles. The van der Waals surface area contributed by atoms with E-state index in [9.17, 15) is 80.1 Å². The molecule has 4 saturated heterocycles. The Labute approximate surface area is 594 Å². The van der Waals surface area contributed by atoms with E-state index >= 15 is 9.59 Å². The molecule has 3 aromatic carbocycles. The number of fused-ring (bicyclic) bond motifs is 2. The molecule has 0 spiro atoms. The minimum Gasteiger partial charge on any atom is -0.504 e. The lowest BCUT2D eigenvalue weighted by Crippen LogP contribution is -2.64. The van der Waals surface area contributed by atoms with Crippen LogP contribution in [-0.4, -0.2) is 305 Å². The SMILES string of the molecule is CC1CCC(N2CCN(c3ccc(-c4nnc(-c5ccc(C(=O)NC6C[C@@H](O)CNC(=O)[C@@H]7[C@@H](O)[C@@H](C)CN7C(=O)[C@H]([C@H](O)CCNC(CO)CO)NC(=O)[C@H]([C@H](O)Cc7ccc(O)c(OCCNC(CO)CO)c7)NC(=O)[C@@H]7C[C@@H](O)CN7C(=O)[C@H]([C@@H](C)O)NC6=O)cc5)s4)cc3)CC2)CC1. The molecule has 5 aliphatic rings. The zero-order chi connectivity index (χ0) is 73.5. The van der Waals surface area contributed by atoms with Crippen molar-refractivity contribution in [1.82, 2.24) is 62.1 Å². The lowest BCUT2D eigenvalue weighted by Gasteiger charge is -2.42. The van der Waals surface area contributed by atoms with Gasteiger partial charge in [0.1, 0.15) is 52.9 Å². The largest absolute Gasteiger partial charge is 0.504 e. The Morgan fingerprint density at radius 3 is 1.89 bits per heavy atom. The summed E-state index contributed by atoms with van der Waals surface area (Å²) in [4.78, 5) is 110. The Balaban J connectivity index is 0.963. The van der Waals surface area contributed by atoms with Gasteiger partial charge < -0.3 is 113 Å². The molecule has 1 aromatic heterocycles. The van der Waals surface area contributed by atoms with Crippen molar-refractivity contribution in [1.29, 1.82) is 0 Å². The molecule has 32 nitrogen and oxygen atoms in total. The van der Waals surface area contributed by atoms with Gasteiger partial charge in [-0.3, -0.25) is 38.5 Å². The van der Waals surface area contributed by atoms with Crippen molar-refractivity contribution in [2.75, 3.05) is 96.8 Å². The number of hydrogen-bond donors (Lipinski definition) is 18. The van der Waals surface area contributed by atoms with Gasteiger partial charge in [0.15, 0.2) is 11.5 Å². The van der Waals surface area contributed by atoms with E-state index in [4.69, 9.17) is 4.74 Å². The number of hydrogen-bond acceptors (Lipinski definition) is 26. The number of phenolic OH excluding ortho intramolecular Hbond substituents is 1. The topological polar surface area (TPSA) is 474 Å². The van der Waals surface area contributed by atoms with Gasteiger partial charge in [-0.1, -0.05) is 43.4 Å². The van der Waals surface area contributed by atoms with Crippen LogP contribution in [0.3, 0.4) is 0 Å². The number of phenols is 1. The third-order valence-electron chi connectivity index (χ3n) is 19.9. The van der Waals surface area contributed by atoms with Crippen LogP contribution in [0.25, 0.3) is 21.1 Å². The summed E-state index contributed by atoms with van der Waals surface area (Å²) in [5.41, 5.74) is 2.82. The van der Waals surface area contributed by atoms with Crippen LogP contribution in [0.5, 0.6) is 11.5 Å². The molecule has 4 aliphatic heterocycles. The molecule has 4 aromatic rings. The lowest BCUT2D eigenvalue weighted by atomic mass is 9.86. The molecule has 0 bridgehead atoms. The first-order chi connectivity index (χ1) is 48.9. The molecule has 5 heterocycles. The van der Waals surface area contributed by atoms with Gasteiger partial charge in [0.2, 0.25) is 35.4 Å². The summed E-state index contributed by atoms with van der Waals surface area (Å²) in [5.74, 6) is -8.37. The first-order valence-corrected chi connectivity index (χ1v) is 35.8. The molecule has 9 rings (SSSR count). The molecule has 33 heteroatoms. The fourth-order valence-electron chi connectivity index (χ4n) is 13.7. The molecular weight excluding hydrogens is 1350 g/mol. The van der Waals surface area contributed by atoms with Gasteiger partial charge in [-0.25, -0.2) is 0 Å². The van der Waals surface area contributed by atoms with E-state index in [0.717, 1.165) is 60.1 Å². The molecule has 13 atom stereocenters. The number of aliphatic hydroxyl groups is 10. The average Bonchev–Trinajstić information content (AvgIpc) is 1.60. The summed E-state index contributed by atoms with van der Waals surface area (Å²) in [6.07, 6.45) is -7.43. The molecule has 5 fully saturated rings. The van der Waals surface area contributed by atoms with Gasteiger partial charge in [-0.2, -0.15) is 0 Å². The van der Waals surface area contributed by atoms with Gasteiger partial charge in [0, 0.05) is 106 Å². The molecule has 560 valence electrons. The maximum atomic E-state index is 15.1. The predicted molar refractivity (Wildman–Crippen MR) is 371 cm³/mol. The molecular formula is C69H99N13O19S. The van der Waals surface area contributed by atoms with Gasteiger partial charge in [0.05, 0.1) is 75.1 Å². The quantitative estimate of drug-likeness (QED) is 0.0296. The number of ether oxygens (including phenoxy) is 1. The summed E-state index contributed by atoms with van der Waals surface area (Å²) in [7, 11) is 0. The number of nitrogens with zero attached hydrogens (tertiary/aromatic N) is 6. The molecule has 1 unspecified atom stereocenters. The van der Waals surface area contributed by atoms with Crippen LogP contribution >= 0.6 is 11.3 Å². The van der Waals surface area contributed by atoms with E-state index in [-0.39, 0.29) is 62.1 Å². The number of anilines is 1. The second-order valence-electron chi connectivity index (χ2n) is 27.4. The third-order valence-corrected chi connectivity index (χ3v) is 20.9. The summed E-state index contributed by atoms with van der Waals surface area (Å²) in [6, 6.07) is 6.02. The number of piperazine rings is 1. The Morgan fingerprint density at radius 2 is 1.26 bits per heavy atom. The van der Waals surface area contributed by atoms with Crippen molar-refractivity contribution >= 4 is 58.4 Å². The second kappa shape index (κ2) is 36.7. The minimum atomic E-state index is -2.14. The van der Waals surface area contributed by atoms with Crippen LogP contribution < -0.4 is 46.9 Å². The fraction of sp³-hybridized carbons (Fsp3) is 0.609. The highest BCUT2D eigenvalue weighted by atomic mass is 32.1. The highest BCUT2D eigenvalue weighted by Gasteiger charge is 2.50. The van der Waals surface area contributed by atoms with Crippen LogP contribution in [0.4, 0.5) is 5.69 Å². The fourth-order valence-corrected chi connectivity index (χ4v) is 14.6. The number of carbonyl (C=O) groups excluding carboxylic acids is 7. The maximum Gasteiger partial charge on any atom is 0.251 e. The average molecular weight is 1450 g/mol. The van der Waals surface area contributed by atoms with Crippen molar-refractivity contribution in [3.63, 3.8) is 0 Å². The minimum absolute atomic E-state index is 0.0259. The summed E-state index contributed by atoms with van der Waals surface area (Å²) in [6.45, 7) is 5.27. The summed E-state index contributed by atoms with van der Waals surface area (Å²) >= 11 is 1.34. The van der Waals surface area contributed by atoms with Crippen LogP contribution in [0.2, 0.25) is 0 Å². The number of carbonyl (C=O) groups is 7. The molecule has 0 radical (unpaired) electrons. The Bertz CT molecular complexity index is 3450. The summed E-state index contributed by atoms with van der Waals surface area (Å²) in [5, 5.41) is 147. The zero-order valence-corrected chi connectivity index (χ0v) is 58.3. The van der Waals surface area contributed by atoms with Crippen LogP contribution in [0.15, 0.2) is 66.7 Å². The van der Waals surface area contributed by atoms with Crippen LogP contribution in [0.1, 0.15) is 81.6 Å². The highest BCUT2D eigenvalue weighted by Crippen LogP contribution is 2.34. The number of benzene rings is 3. The standard InChI is InChI=1S/C69H99N13O19S/c1-37-4-13-46(14-5-37)79-21-23-80(24-22-79)47-15-11-43(12-16-47)67-78-77-66(102-67)42-9-7-41(8-10-42)61(94)73-50-28-48(88)30-72-65(98)59-60(93)38(2)31-82(59)69(100)58(53(91)18-19-70-44(33-83)34-84)76-64(97)57(54(92)26-40-6-17-52(90)55(27-40)101-25-20-71-45(35-85)36-86)75-63(96)51-29-49(89)32-81(51)68(99)56(39(3)87)74-62(50)95/h6-12,15-17,27,37-39,44-46,48-51,53-54,56-60,70-71,83-93H,4-5,13-14,18-26,28-36H2,1-3H3,(H,72,98)(H,73,94)(H,74,95)(H,75,96)(H,76,97)/t37?,38-,39+,46?,48+,49+,50?,51-,53+,54+,56-,57-,58-,59-,60-/m0/s1. The van der Waals surface area contributed by atoms with Gasteiger partial charge >= 0.3 is 0 Å². The molecule has 1 aliphatic carbocycles. The van der Waals surface area contributed by atoms with Gasteiger partial charge in [0.25, 0.3) is 5.91 Å². The van der Waals surface area contributed by atoms with E-state index in [1.54, 1.807) is 12.1 Å². The Hall–Kier alpha value is -7.61. The number of aromatic hydroxyl groups is 1. The second-order valence-corrected chi connectivity index (χ2v) is 28.4. The predicted octanol–water partition coefficient (Wildman–Crippen LogP) is -4.12. The third kappa shape index (κ3) is 20.0. The molecule has 18 N–H and O–H groups in total. The maximum absolute atomic E-state index is 15.1. The van der Waals surface area contributed by atoms with Crippen molar-refractivity contribution < 1.29 is 94.5 Å². The van der Waals surface area contributed by atoms with E-state index in [1.165, 1.54) is 74.3 Å². The number of rotatable bonds is 24. The first-order valence-electron chi connectivity index (χ1n) is 35.0. The lowest BCUT2D eigenvalue weighted by molar-refractivity contribution is -0.147. The number of β-amino-alcohol motifs (C(OH)–C–C–N with tert-alkyl or cyclic N) is 1. The first kappa shape index (κ1) is 78.5. The zero-order valence-electron chi connectivity index (χ0n) is 57.5. The van der Waals surface area contributed by atoms with Crippen molar-refractivity contribution in [2.24, 2.45) is 11.8 Å². The van der Waals surface area contributed by atoms with Gasteiger partial charge in [-0.05, 0) is 106 Å². The number of aromatic nitrogens is 2. The van der Waals surface area contributed by atoms with Crippen molar-refractivity contribution in [2.45, 2.75) is 163 Å². The van der Waals surface area contributed by atoms with E-state index in [2.05, 4.69) is 76.3 Å². The smallest absolute Gasteiger partial charge is 0.251 e. The van der Waals surface area contributed by atoms with Crippen LogP contribution in [0, 0.1) is 11.8 Å². The Morgan fingerprint density at radius 1 is 0.667 bits per heavy atom. The van der Waals surface area contributed by atoms with E-state index in [0.29, 0.717) is 21.6 Å². The van der Waals surface area contributed by atoms with Gasteiger partial charge in [-0.15, -0.1) is 10.2 Å². The molecule has 102 heavy (non-hydrogen) atoms. The Kier molecular flexibility index (Phi) is 28.3. The highest BCUT2D eigenvalue weighted by molar-refractivity contribution is 7.17. The van der Waals surface area contributed by atoms with Crippen molar-refractivity contribution in [3.8, 4) is 32.6 Å². The normalized spacial score (nSPS) is 27.1. The van der Waals surface area contributed by atoms with E-state index < -0.39 is 184 Å². The monoisotopic (exact) mass is 1450 g/mol. The number of aliphatic hydroxyl groups excluding tert-OH is 10. The molecule has 7 amide bonds. The summed E-state index contributed by atoms with van der Waals surface area (Å²) < 4.78 is 5.73. The number of amides is 7. The number of nitrogens with one attached hydrogen (secondary N) is 7.